The number of nitrogens with one attached hydrogen (secondary N) is 1. The molecule has 0 heterocycles. The van der Waals surface area contributed by atoms with Gasteiger partial charge in [-0.05, 0) is 57.2 Å². The third-order valence-electron chi connectivity index (χ3n) is 3.13. The van der Waals surface area contributed by atoms with Crippen LogP contribution in [-0.4, -0.2) is 0 Å². The predicted molar refractivity (Wildman–Crippen MR) is 87.3 cm³/mol. The number of rotatable bonds is 2. The molecule has 2 aromatic rings. The molecule has 0 saturated heterocycles. The van der Waals surface area contributed by atoms with Crippen LogP contribution in [0.2, 0.25) is 0 Å². The molecular weight excluding hydrogens is 312 g/mol. The molecule has 0 amide bonds. The second-order valence-electron chi connectivity index (χ2n) is 5.76. The first kappa shape index (κ1) is 14.6. The van der Waals surface area contributed by atoms with E-state index in [-0.39, 0.29) is 5.41 Å². The highest BCUT2D eigenvalue weighted by atomic mass is 79.9. The van der Waals surface area contributed by atoms with Crippen LogP contribution in [0.25, 0.3) is 0 Å². The van der Waals surface area contributed by atoms with Crippen LogP contribution in [0.4, 0.5) is 11.4 Å². The van der Waals surface area contributed by atoms with Gasteiger partial charge in [-0.25, -0.2) is 0 Å². The zero-order valence-electron chi connectivity index (χ0n) is 11.9. The first-order chi connectivity index (χ1) is 9.40. The molecule has 0 unspecified atom stereocenters. The van der Waals surface area contributed by atoms with E-state index in [9.17, 15) is 0 Å². The fourth-order valence-corrected chi connectivity index (χ4v) is 2.37. The molecule has 102 valence electrons. The first-order valence-corrected chi connectivity index (χ1v) is 7.26. The van der Waals surface area contributed by atoms with Gasteiger partial charge in [0.2, 0.25) is 0 Å². The van der Waals surface area contributed by atoms with Crippen LogP contribution in [0.5, 0.6) is 0 Å². The standard InChI is InChI=1S/C17H17BrN2/c1-17(2,3)13-5-8-14(9-6-13)20-15-7-4-12(11-19)16(18)10-15/h4-10,20H,1-3H3. The van der Waals surface area contributed by atoms with Crippen molar-refractivity contribution in [3.05, 3.63) is 58.1 Å². The van der Waals surface area contributed by atoms with Crippen LogP contribution >= 0.6 is 15.9 Å². The Bertz CT molecular complexity index is 646. The van der Waals surface area contributed by atoms with E-state index in [1.807, 2.05) is 12.1 Å². The van der Waals surface area contributed by atoms with E-state index < -0.39 is 0 Å². The number of halogens is 1. The van der Waals surface area contributed by atoms with E-state index in [4.69, 9.17) is 5.26 Å². The number of hydrogen-bond donors (Lipinski definition) is 1. The summed E-state index contributed by atoms with van der Waals surface area (Å²) in [6.45, 7) is 6.60. The molecule has 2 nitrogen and oxygen atoms in total. The molecule has 1 N–H and O–H groups in total. The molecule has 0 spiro atoms. The molecule has 3 heteroatoms. The maximum absolute atomic E-state index is 8.91. The summed E-state index contributed by atoms with van der Waals surface area (Å²) < 4.78 is 0.802. The SMILES string of the molecule is CC(C)(C)c1ccc(Nc2ccc(C#N)c(Br)c2)cc1. The van der Waals surface area contributed by atoms with Crippen molar-refractivity contribution < 1.29 is 0 Å². The fraction of sp³-hybridized carbons (Fsp3) is 0.235. The normalized spacial score (nSPS) is 10.9. The van der Waals surface area contributed by atoms with Gasteiger partial charge in [-0.2, -0.15) is 5.26 Å². The van der Waals surface area contributed by atoms with Gasteiger partial charge in [0.1, 0.15) is 6.07 Å². The van der Waals surface area contributed by atoms with Gasteiger partial charge in [0.15, 0.2) is 0 Å². The van der Waals surface area contributed by atoms with Crippen LogP contribution < -0.4 is 5.32 Å². The minimum absolute atomic E-state index is 0.163. The van der Waals surface area contributed by atoms with Crippen LogP contribution in [0.3, 0.4) is 0 Å². The van der Waals surface area contributed by atoms with E-state index in [0.29, 0.717) is 5.56 Å². The van der Waals surface area contributed by atoms with Crippen molar-refractivity contribution in [1.29, 1.82) is 5.26 Å². The summed E-state index contributed by atoms with van der Waals surface area (Å²) in [5.74, 6) is 0. The highest BCUT2D eigenvalue weighted by Gasteiger charge is 2.12. The summed E-state index contributed by atoms with van der Waals surface area (Å²) in [6, 6.07) is 16.2. The molecule has 0 fully saturated rings. The number of anilines is 2. The molecule has 0 aliphatic carbocycles. The first-order valence-electron chi connectivity index (χ1n) is 6.47. The average molecular weight is 329 g/mol. The van der Waals surface area contributed by atoms with Crippen molar-refractivity contribution in [3.63, 3.8) is 0 Å². The lowest BCUT2D eigenvalue weighted by molar-refractivity contribution is 0.590. The summed E-state index contributed by atoms with van der Waals surface area (Å²) in [7, 11) is 0. The molecule has 0 aromatic heterocycles. The molecular formula is C17H17BrN2. The summed E-state index contributed by atoms with van der Waals surface area (Å²) in [6.07, 6.45) is 0. The van der Waals surface area contributed by atoms with Gasteiger partial charge in [0, 0.05) is 15.8 Å². The molecule has 0 atom stereocenters. The maximum Gasteiger partial charge on any atom is 0.100 e. The van der Waals surface area contributed by atoms with E-state index in [1.54, 1.807) is 6.07 Å². The van der Waals surface area contributed by atoms with Gasteiger partial charge in [-0.1, -0.05) is 32.9 Å². The molecule has 0 bridgehead atoms. The Balaban J connectivity index is 2.19. The Morgan fingerprint density at radius 3 is 2.10 bits per heavy atom. The van der Waals surface area contributed by atoms with Gasteiger partial charge < -0.3 is 5.32 Å². The smallest absolute Gasteiger partial charge is 0.100 e. The zero-order valence-corrected chi connectivity index (χ0v) is 13.5. The lowest BCUT2D eigenvalue weighted by Gasteiger charge is -2.19. The Labute approximate surface area is 128 Å². The van der Waals surface area contributed by atoms with Crippen molar-refractivity contribution in [2.75, 3.05) is 5.32 Å². The Morgan fingerprint density at radius 2 is 1.60 bits per heavy atom. The number of hydrogen-bond acceptors (Lipinski definition) is 2. The van der Waals surface area contributed by atoms with E-state index >= 15 is 0 Å². The molecule has 0 radical (unpaired) electrons. The van der Waals surface area contributed by atoms with Crippen LogP contribution in [0.15, 0.2) is 46.9 Å². The van der Waals surface area contributed by atoms with Crippen LogP contribution in [0.1, 0.15) is 31.9 Å². The largest absolute Gasteiger partial charge is 0.355 e. The summed E-state index contributed by atoms with van der Waals surface area (Å²) >= 11 is 3.40. The zero-order chi connectivity index (χ0) is 14.8. The molecule has 0 aliphatic heterocycles. The predicted octanol–water partition coefficient (Wildman–Crippen LogP) is 5.36. The maximum atomic E-state index is 8.91. The highest BCUT2D eigenvalue weighted by Crippen LogP contribution is 2.26. The van der Waals surface area contributed by atoms with Crippen molar-refractivity contribution in [3.8, 4) is 6.07 Å². The van der Waals surface area contributed by atoms with Crippen molar-refractivity contribution in [2.24, 2.45) is 0 Å². The van der Waals surface area contributed by atoms with Crippen LogP contribution in [0, 0.1) is 11.3 Å². The highest BCUT2D eigenvalue weighted by molar-refractivity contribution is 9.10. The Kier molecular flexibility index (Phi) is 4.15. The lowest BCUT2D eigenvalue weighted by Crippen LogP contribution is -2.10. The number of nitriles is 1. The molecule has 0 saturated carbocycles. The van der Waals surface area contributed by atoms with E-state index in [0.717, 1.165) is 15.8 Å². The summed E-state index contributed by atoms with van der Waals surface area (Å²) in [5.41, 5.74) is 4.10. The number of benzene rings is 2. The van der Waals surface area contributed by atoms with Gasteiger partial charge >= 0.3 is 0 Å². The molecule has 0 aliphatic rings. The number of nitrogens with zero attached hydrogens (tertiary/aromatic N) is 1. The lowest BCUT2D eigenvalue weighted by atomic mass is 9.87. The Morgan fingerprint density at radius 1 is 1.00 bits per heavy atom. The van der Waals surface area contributed by atoms with Gasteiger partial charge in [-0.3, -0.25) is 0 Å². The molecule has 20 heavy (non-hydrogen) atoms. The Hall–Kier alpha value is -1.79. The van der Waals surface area contributed by atoms with Gasteiger partial charge in [0.25, 0.3) is 0 Å². The van der Waals surface area contributed by atoms with Crippen molar-refractivity contribution in [1.82, 2.24) is 0 Å². The minimum atomic E-state index is 0.163. The van der Waals surface area contributed by atoms with E-state index in [2.05, 4.69) is 72.4 Å². The third-order valence-corrected chi connectivity index (χ3v) is 3.79. The third kappa shape index (κ3) is 3.40. The van der Waals surface area contributed by atoms with E-state index in [1.165, 1.54) is 5.56 Å². The second-order valence-corrected chi connectivity index (χ2v) is 6.61. The van der Waals surface area contributed by atoms with Gasteiger partial charge in [-0.15, -0.1) is 0 Å². The summed E-state index contributed by atoms with van der Waals surface area (Å²) in [5, 5.41) is 12.2. The molecule has 2 aromatic carbocycles. The van der Waals surface area contributed by atoms with Crippen LogP contribution in [-0.2, 0) is 5.41 Å². The topological polar surface area (TPSA) is 35.8 Å². The average Bonchev–Trinajstić information content (AvgIpc) is 2.38. The monoisotopic (exact) mass is 328 g/mol. The minimum Gasteiger partial charge on any atom is -0.355 e. The van der Waals surface area contributed by atoms with Crippen molar-refractivity contribution in [2.45, 2.75) is 26.2 Å². The van der Waals surface area contributed by atoms with Crippen molar-refractivity contribution >= 4 is 27.3 Å². The molecule has 2 rings (SSSR count). The second kappa shape index (κ2) is 5.68. The fourth-order valence-electron chi connectivity index (χ4n) is 1.90. The quantitative estimate of drug-likeness (QED) is 0.805. The summed E-state index contributed by atoms with van der Waals surface area (Å²) in [4.78, 5) is 0. The van der Waals surface area contributed by atoms with Gasteiger partial charge in [0.05, 0.1) is 5.56 Å².